The Kier molecular flexibility index (Phi) is 5.74. The number of benzene rings is 1. The molecule has 0 aliphatic rings. The first-order chi connectivity index (χ1) is 11.1. The smallest absolute Gasteiger partial charge is 0.266 e. The Labute approximate surface area is 135 Å². The Morgan fingerprint density at radius 1 is 0.800 bits per heavy atom. The Morgan fingerprint density at radius 3 is 1.72 bits per heavy atom. The fourth-order valence-corrected chi connectivity index (χ4v) is 2.43. The molecule has 0 heterocycles. The fraction of sp³-hybridized carbons (Fsp3) is 0.500. The monoisotopic (exact) mass is 404 g/mol. The molecule has 3 nitrogen and oxygen atoms in total. The minimum absolute atomic E-state index is 0.550. The maximum atomic E-state index is 13.2. The summed E-state index contributed by atoms with van der Waals surface area (Å²) < 4.78 is 140. The second-order valence-corrected chi connectivity index (χ2v) is 6.31. The second kappa shape index (κ2) is 6.67. The van der Waals surface area contributed by atoms with Crippen LogP contribution in [0.1, 0.15) is 6.42 Å². The molecule has 1 aromatic rings. The summed E-state index contributed by atoms with van der Waals surface area (Å²) in [5.41, 5.74) is 0. The lowest BCUT2D eigenvalue weighted by Crippen LogP contribution is -2.61. The summed E-state index contributed by atoms with van der Waals surface area (Å²) >= 11 is 0. The van der Waals surface area contributed by atoms with Crippen molar-refractivity contribution in [3.05, 3.63) is 30.3 Å². The lowest BCUT2D eigenvalue weighted by Gasteiger charge is -2.33. The first kappa shape index (κ1) is 21.5. The van der Waals surface area contributed by atoms with E-state index in [0.717, 1.165) is 12.1 Å². The van der Waals surface area contributed by atoms with Crippen molar-refractivity contribution in [2.75, 3.05) is 6.61 Å². The first-order valence-corrected chi connectivity index (χ1v) is 7.62. The second-order valence-electron chi connectivity index (χ2n) is 4.69. The van der Waals surface area contributed by atoms with Gasteiger partial charge in [-0.1, -0.05) is 18.2 Å². The first-order valence-electron chi connectivity index (χ1n) is 6.21. The van der Waals surface area contributed by atoms with Crippen LogP contribution in [0.4, 0.5) is 39.5 Å². The molecule has 13 heteroatoms. The molecule has 1 aromatic carbocycles. The molecule has 144 valence electrons. The maximum Gasteiger partial charge on any atom is 0.460 e. The standard InChI is InChI=1S/C12H9F9O3S/c13-9(14,10(15,16)11(17,18)12(19,20)21)6-7-24-25(22,23)8-4-2-1-3-5-8/h1-5H,6-7H2. The third kappa shape index (κ3) is 4.19. The molecule has 0 aromatic heterocycles. The van der Waals surface area contributed by atoms with Crippen molar-refractivity contribution in [1.29, 1.82) is 0 Å². The molecule has 0 aliphatic carbocycles. The molecule has 0 N–H and O–H groups in total. The highest BCUT2D eigenvalue weighted by atomic mass is 32.2. The van der Waals surface area contributed by atoms with Gasteiger partial charge in [-0.05, 0) is 12.1 Å². The van der Waals surface area contributed by atoms with Gasteiger partial charge in [0.25, 0.3) is 10.1 Å². The topological polar surface area (TPSA) is 43.4 Å². The van der Waals surface area contributed by atoms with Gasteiger partial charge < -0.3 is 0 Å². The van der Waals surface area contributed by atoms with E-state index >= 15 is 0 Å². The van der Waals surface area contributed by atoms with Gasteiger partial charge in [0, 0.05) is 6.42 Å². The molecule has 1 rings (SSSR count). The van der Waals surface area contributed by atoms with E-state index in [1.807, 2.05) is 0 Å². The average Bonchev–Trinajstić information content (AvgIpc) is 2.46. The van der Waals surface area contributed by atoms with Gasteiger partial charge in [0.1, 0.15) is 0 Å². The summed E-state index contributed by atoms with van der Waals surface area (Å²) in [6, 6.07) is 5.72. The largest absolute Gasteiger partial charge is 0.460 e. The number of alkyl halides is 9. The normalized spacial score (nSPS) is 14.6. The van der Waals surface area contributed by atoms with Crippen LogP contribution in [0.25, 0.3) is 0 Å². The molecule has 0 atom stereocenters. The van der Waals surface area contributed by atoms with Crippen LogP contribution < -0.4 is 0 Å². The van der Waals surface area contributed by atoms with E-state index in [1.165, 1.54) is 18.2 Å². The highest BCUT2D eigenvalue weighted by Crippen LogP contribution is 2.53. The van der Waals surface area contributed by atoms with Gasteiger partial charge in [0.05, 0.1) is 11.5 Å². The van der Waals surface area contributed by atoms with Gasteiger partial charge in [0.15, 0.2) is 0 Å². The predicted octanol–water partition coefficient (Wildman–Crippen LogP) is 4.25. The minimum Gasteiger partial charge on any atom is -0.266 e. The number of hydrogen-bond donors (Lipinski definition) is 0. The van der Waals surface area contributed by atoms with Crippen molar-refractivity contribution in [3.63, 3.8) is 0 Å². The molecule has 0 spiro atoms. The summed E-state index contributed by atoms with van der Waals surface area (Å²) in [7, 11) is -4.68. The molecule has 0 saturated heterocycles. The van der Waals surface area contributed by atoms with Gasteiger partial charge in [-0.3, -0.25) is 4.18 Å². The summed E-state index contributed by atoms with van der Waals surface area (Å²) in [6.07, 6.45) is -9.32. The van der Waals surface area contributed by atoms with E-state index in [-0.39, 0.29) is 0 Å². The molecule has 0 aliphatic heterocycles. The van der Waals surface area contributed by atoms with Crippen molar-refractivity contribution < 1.29 is 52.1 Å². The van der Waals surface area contributed by atoms with Crippen molar-refractivity contribution in [2.45, 2.75) is 35.3 Å². The molecule has 25 heavy (non-hydrogen) atoms. The Morgan fingerprint density at radius 2 is 1.28 bits per heavy atom. The average molecular weight is 404 g/mol. The lowest BCUT2D eigenvalue weighted by molar-refractivity contribution is -0.397. The fourth-order valence-electron chi connectivity index (χ4n) is 1.50. The molecular weight excluding hydrogens is 395 g/mol. The number of hydrogen-bond acceptors (Lipinski definition) is 3. The van der Waals surface area contributed by atoms with Crippen molar-refractivity contribution in [1.82, 2.24) is 0 Å². The molecule has 0 unspecified atom stereocenters. The van der Waals surface area contributed by atoms with Crippen LogP contribution in [-0.2, 0) is 14.3 Å². The predicted molar refractivity (Wildman–Crippen MR) is 65.1 cm³/mol. The van der Waals surface area contributed by atoms with Gasteiger partial charge in [-0.2, -0.15) is 47.9 Å². The molecule has 0 amide bonds. The zero-order valence-corrected chi connectivity index (χ0v) is 12.7. The van der Waals surface area contributed by atoms with Crippen LogP contribution in [0.3, 0.4) is 0 Å². The quantitative estimate of drug-likeness (QED) is 0.504. The number of halogens is 9. The van der Waals surface area contributed by atoms with Crippen LogP contribution >= 0.6 is 0 Å². The SMILES string of the molecule is O=S(=O)(OCCC(F)(F)C(F)(F)C(F)(F)C(F)(F)F)c1ccccc1. The Bertz CT molecular complexity index is 684. The molecule has 0 saturated carbocycles. The third-order valence-corrected chi connectivity index (χ3v) is 4.22. The van der Waals surface area contributed by atoms with E-state index in [2.05, 4.69) is 4.18 Å². The van der Waals surface area contributed by atoms with E-state index in [0.29, 0.717) is 0 Å². The zero-order valence-electron chi connectivity index (χ0n) is 11.8. The van der Waals surface area contributed by atoms with E-state index < -0.39 is 52.0 Å². The Hall–Kier alpha value is -1.50. The van der Waals surface area contributed by atoms with Crippen LogP contribution in [0, 0.1) is 0 Å². The highest BCUT2D eigenvalue weighted by Gasteiger charge is 2.81. The van der Waals surface area contributed by atoms with Gasteiger partial charge in [0.2, 0.25) is 0 Å². The van der Waals surface area contributed by atoms with Crippen molar-refractivity contribution in [2.24, 2.45) is 0 Å². The highest BCUT2D eigenvalue weighted by molar-refractivity contribution is 7.86. The molecule has 0 bridgehead atoms. The van der Waals surface area contributed by atoms with Gasteiger partial charge in [-0.15, -0.1) is 0 Å². The zero-order chi connectivity index (χ0) is 19.7. The van der Waals surface area contributed by atoms with Crippen LogP contribution in [0.5, 0.6) is 0 Å². The third-order valence-electron chi connectivity index (χ3n) is 2.90. The van der Waals surface area contributed by atoms with Crippen LogP contribution in [-0.4, -0.2) is 39.0 Å². The van der Waals surface area contributed by atoms with E-state index in [4.69, 9.17) is 0 Å². The molecule has 0 fully saturated rings. The molecule has 0 radical (unpaired) electrons. The van der Waals surface area contributed by atoms with Gasteiger partial charge in [-0.25, -0.2) is 0 Å². The van der Waals surface area contributed by atoms with Crippen molar-refractivity contribution in [3.8, 4) is 0 Å². The summed E-state index contributed by atoms with van der Waals surface area (Å²) in [4.78, 5) is -0.550. The van der Waals surface area contributed by atoms with Gasteiger partial charge >= 0.3 is 23.9 Å². The van der Waals surface area contributed by atoms with Crippen molar-refractivity contribution >= 4 is 10.1 Å². The molecular formula is C12H9F9O3S. The maximum absolute atomic E-state index is 13.2. The number of rotatable bonds is 7. The Balaban J connectivity index is 2.88. The minimum atomic E-state index is -7.03. The van der Waals surface area contributed by atoms with Crippen LogP contribution in [0.2, 0.25) is 0 Å². The lowest BCUT2D eigenvalue weighted by atomic mass is 10.0. The summed E-state index contributed by atoms with van der Waals surface area (Å²) in [5.74, 6) is -19.7. The van der Waals surface area contributed by atoms with E-state index in [1.54, 1.807) is 0 Å². The summed E-state index contributed by atoms with van der Waals surface area (Å²) in [6.45, 7) is -1.74. The van der Waals surface area contributed by atoms with E-state index in [9.17, 15) is 47.9 Å². The summed E-state index contributed by atoms with van der Waals surface area (Å²) in [5, 5.41) is 0. The van der Waals surface area contributed by atoms with Crippen LogP contribution in [0.15, 0.2) is 35.2 Å².